The van der Waals surface area contributed by atoms with Crippen LogP contribution in [-0.2, 0) is 10.0 Å². The van der Waals surface area contributed by atoms with Crippen LogP contribution in [0.15, 0.2) is 0 Å². The highest BCUT2D eigenvalue weighted by Crippen LogP contribution is 2.44. The first-order valence-electron chi connectivity index (χ1n) is 4.17. The van der Waals surface area contributed by atoms with E-state index in [0.29, 0.717) is 5.41 Å². The van der Waals surface area contributed by atoms with Crippen molar-refractivity contribution in [3.05, 3.63) is 0 Å². The molecule has 1 saturated heterocycles. The molecule has 1 heterocycles. The van der Waals surface area contributed by atoms with Gasteiger partial charge in [0.15, 0.2) is 0 Å². The summed E-state index contributed by atoms with van der Waals surface area (Å²) >= 11 is 0. The summed E-state index contributed by atoms with van der Waals surface area (Å²) in [7, 11) is -2.99. The van der Waals surface area contributed by atoms with Gasteiger partial charge in [-0.05, 0) is 18.3 Å². The number of hydrogen-bond donors (Lipinski definition) is 2. The molecule has 0 radical (unpaired) electrons. The molecule has 4 nitrogen and oxygen atoms in total. The van der Waals surface area contributed by atoms with Gasteiger partial charge in [-0.1, -0.05) is 0 Å². The summed E-state index contributed by atoms with van der Waals surface area (Å²) < 4.78 is 24.3. The monoisotopic (exact) mass is 190 g/mol. The van der Waals surface area contributed by atoms with E-state index < -0.39 is 10.0 Å². The molecule has 1 aliphatic carbocycles. The van der Waals surface area contributed by atoms with Crippen LogP contribution in [0, 0.1) is 5.41 Å². The molecule has 1 aliphatic heterocycles. The summed E-state index contributed by atoms with van der Waals surface area (Å²) in [6.07, 6.45) is 3.23. The minimum atomic E-state index is -2.99. The minimum Gasteiger partial charge on any atom is -0.316 e. The Morgan fingerprint density at radius 2 is 2.00 bits per heavy atom. The minimum absolute atomic E-state index is 0.196. The van der Waals surface area contributed by atoms with E-state index in [2.05, 4.69) is 10.0 Å². The van der Waals surface area contributed by atoms with Crippen LogP contribution >= 0.6 is 0 Å². The van der Waals surface area contributed by atoms with Gasteiger partial charge in [0.2, 0.25) is 10.0 Å². The molecule has 2 N–H and O–H groups in total. The van der Waals surface area contributed by atoms with E-state index in [0.717, 1.165) is 25.9 Å². The smallest absolute Gasteiger partial charge is 0.208 e. The quantitative estimate of drug-likeness (QED) is 0.604. The predicted octanol–water partition coefficient (Wildman–Crippen LogP) is -0.712. The summed E-state index contributed by atoms with van der Waals surface area (Å²) in [6, 6.07) is 0.196. The molecule has 0 unspecified atom stereocenters. The molecule has 0 aromatic rings. The summed E-state index contributed by atoms with van der Waals surface area (Å²) in [5.41, 5.74) is 0.447. The van der Waals surface area contributed by atoms with Gasteiger partial charge in [-0.25, -0.2) is 13.1 Å². The lowest BCUT2D eigenvalue weighted by molar-refractivity contribution is 0.0329. The summed E-state index contributed by atoms with van der Waals surface area (Å²) in [4.78, 5) is 0. The third kappa shape index (κ3) is 1.48. The van der Waals surface area contributed by atoms with Gasteiger partial charge in [0.05, 0.1) is 6.26 Å². The molecule has 2 fully saturated rings. The maximum atomic E-state index is 10.8. The van der Waals surface area contributed by atoms with Crippen molar-refractivity contribution in [3.8, 4) is 0 Å². The Kier molecular flexibility index (Phi) is 1.72. The normalized spacial score (nSPS) is 28.1. The van der Waals surface area contributed by atoms with E-state index in [9.17, 15) is 8.42 Å². The van der Waals surface area contributed by atoms with Gasteiger partial charge in [0, 0.05) is 19.1 Å². The SMILES string of the molecule is CS(=O)(=O)NC1CC2(CNC2)C1. The van der Waals surface area contributed by atoms with Crippen molar-refractivity contribution in [1.82, 2.24) is 10.0 Å². The fourth-order valence-corrected chi connectivity index (χ4v) is 2.91. The van der Waals surface area contributed by atoms with Crippen LogP contribution in [0.1, 0.15) is 12.8 Å². The molecule has 0 aromatic carbocycles. The Morgan fingerprint density at radius 3 is 2.33 bits per heavy atom. The van der Waals surface area contributed by atoms with Crippen LogP contribution in [0.25, 0.3) is 0 Å². The molecule has 0 bridgehead atoms. The standard InChI is InChI=1S/C7H14N2O2S/c1-12(10,11)9-6-2-7(3-6)4-8-5-7/h6,8-9H,2-5H2,1H3. The van der Waals surface area contributed by atoms with E-state index >= 15 is 0 Å². The van der Waals surface area contributed by atoms with Crippen LogP contribution in [0.4, 0.5) is 0 Å². The molecule has 5 heteroatoms. The number of hydrogen-bond acceptors (Lipinski definition) is 3. The van der Waals surface area contributed by atoms with Gasteiger partial charge in [0.1, 0.15) is 0 Å². The molecule has 1 spiro atoms. The largest absolute Gasteiger partial charge is 0.316 e. The van der Waals surface area contributed by atoms with E-state index in [1.165, 1.54) is 6.26 Å². The van der Waals surface area contributed by atoms with Crippen molar-refractivity contribution in [2.24, 2.45) is 5.41 Å². The highest BCUT2D eigenvalue weighted by molar-refractivity contribution is 7.88. The number of rotatable bonds is 2. The second kappa shape index (κ2) is 2.43. The third-order valence-electron chi connectivity index (χ3n) is 2.74. The van der Waals surface area contributed by atoms with Gasteiger partial charge >= 0.3 is 0 Å². The lowest BCUT2D eigenvalue weighted by Crippen LogP contribution is -2.65. The van der Waals surface area contributed by atoms with E-state index in [1.807, 2.05) is 0 Å². The van der Waals surface area contributed by atoms with Gasteiger partial charge in [-0.3, -0.25) is 0 Å². The Hall–Kier alpha value is -0.130. The Labute approximate surface area is 72.8 Å². The molecule has 0 aromatic heterocycles. The van der Waals surface area contributed by atoms with Crippen LogP contribution in [0.2, 0.25) is 0 Å². The number of sulfonamides is 1. The van der Waals surface area contributed by atoms with Crippen molar-refractivity contribution in [2.75, 3.05) is 19.3 Å². The first-order chi connectivity index (χ1) is 5.49. The van der Waals surface area contributed by atoms with E-state index in [1.54, 1.807) is 0 Å². The van der Waals surface area contributed by atoms with Crippen molar-refractivity contribution < 1.29 is 8.42 Å². The Balaban J connectivity index is 1.82. The zero-order valence-electron chi connectivity index (χ0n) is 7.13. The molecule has 2 rings (SSSR count). The maximum Gasteiger partial charge on any atom is 0.208 e. The molecule has 2 aliphatic rings. The fourth-order valence-electron chi connectivity index (χ4n) is 2.14. The molecular weight excluding hydrogens is 176 g/mol. The lowest BCUT2D eigenvalue weighted by atomic mass is 9.62. The van der Waals surface area contributed by atoms with Crippen LogP contribution in [0.5, 0.6) is 0 Å². The highest BCUT2D eigenvalue weighted by atomic mass is 32.2. The summed E-state index contributed by atoms with van der Waals surface area (Å²) in [6.45, 7) is 2.13. The lowest BCUT2D eigenvalue weighted by Gasteiger charge is -2.54. The average Bonchev–Trinajstić information content (AvgIpc) is 1.69. The number of nitrogens with one attached hydrogen (secondary N) is 2. The Morgan fingerprint density at radius 1 is 1.42 bits per heavy atom. The van der Waals surface area contributed by atoms with Gasteiger partial charge in [-0.15, -0.1) is 0 Å². The second-order valence-electron chi connectivity index (χ2n) is 4.10. The molecule has 70 valence electrons. The van der Waals surface area contributed by atoms with Crippen LogP contribution in [-0.4, -0.2) is 33.8 Å². The van der Waals surface area contributed by atoms with Gasteiger partial charge in [0.25, 0.3) is 0 Å². The summed E-state index contributed by atoms with van der Waals surface area (Å²) in [5, 5.41) is 3.21. The fraction of sp³-hybridized carbons (Fsp3) is 1.00. The molecule has 0 atom stereocenters. The first kappa shape index (κ1) is 8.47. The second-order valence-corrected chi connectivity index (χ2v) is 5.88. The molecule has 0 amide bonds. The molecule has 12 heavy (non-hydrogen) atoms. The van der Waals surface area contributed by atoms with E-state index in [4.69, 9.17) is 0 Å². The maximum absolute atomic E-state index is 10.8. The zero-order valence-corrected chi connectivity index (χ0v) is 7.95. The first-order valence-corrected chi connectivity index (χ1v) is 6.06. The summed E-state index contributed by atoms with van der Waals surface area (Å²) in [5.74, 6) is 0. The molecule has 1 saturated carbocycles. The van der Waals surface area contributed by atoms with E-state index in [-0.39, 0.29) is 6.04 Å². The highest BCUT2D eigenvalue weighted by Gasteiger charge is 2.48. The van der Waals surface area contributed by atoms with Crippen molar-refractivity contribution in [3.63, 3.8) is 0 Å². The van der Waals surface area contributed by atoms with Gasteiger partial charge < -0.3 is 5.32 Å². The topological polar surface area (TPSA) is 58.2 Å². The van der Waals surface area contributed by atoms with Gasteiger partial charge in [-0.2, -0.15) is 0 Å². The van der Waals surface area contributed by atoms with Crippen molar-refractivity contribution in [1.29, 1.82) is 0 Å². The average molecular weight is 190 g/mol. The Bertz CT molecular complexity index is 274. The van der Waals surface area contributed by atoms with Crippen LogP contribution < -0.4 is 10.0 Å². The van der Waals surface area contributed by atoms with Crippen molar-refractivity contribution >= 4 is 10.0 Å². The van der Waals surface area contributed by atoms with Crippen molar-refractivity contribution in [2.45, 2.75) is 18.9 Å². The predicted molar refractivity (Wildman–Crippen MR) is 46.3 cm³/mol. The third-order valence-corrected chi connectivity index (χ3v) is 3.50. The zero-order chi connectivity index (χ0) is 8.82. The molecular formula is C7H14N2O2S. The van der Waals surface area contributed by atoms with Crippen LogP contribution in [0.3, 0.4) is 0 Å².